The van der Waals surface area contributed by atoms with Crippen molar-refractivity contribution in [2.24, 2.45) is 5.16 Å². The van der Waals surface area contributed by atoms with Crippen LogP contribution in [0.4, 0.5) is 0 Å². The molecule has 0 aromatic rings. The zero-order valence-corrected chi connectivity index (χ0v) is 31.1. The zero-order chi connectivity index (χ0) is 32.9. The molecule has 0 amide bonds. The second kappa shape index (κ2) is 36.9. The van der Waals surface area contributed by atoms with Gasteiger partial charge in [-0.3, -0.25) is 0 Å². The molecule has 0 saturated heterocycles. The molecule has 0 aliphatic carbocycles. The Morgan fingerprint density at radius 3 is 1.51 bits per heavy atom. The summed E-state index contributed by atoms with van der Waals surface area (Å²) in [5.41, 5.74) is 2.85. The molecule has 0 saturated carbocycles. The predicted molar refractivity (Wildman–Crippen MR) is 205 cm³/mol. The van der Waals surface area contributed by atoms with Gasteiger partial charge >= 0.3 is 0 Å². The van der Waals surface area contributed by atoms with Gasteiger partial charge in [0.2, 0.25) is 0 Å². The summed E-state index contributed by atoms with van der Waals surface area (Å²) in [5.74, 6) is 0. The van der Waals surface area contributed by atoms with Gasteiger partial charge in [-0.15, -0.1) is 0 Å². The fourth-order valence-corrected chi connectivity index (χ4v) is 5.43. The van der Waals surface area contributed by atoms with Crippen LogP contribution in [0.1, 0.15) is 188 Å². The summed E-state index contributed by atoms with van der Waals surface area (Å²) < 4.78 is 0. The van der Waals surface area contributed by atoms with Crippen LogP contribution in [0.5, 0.6) is 0 Å². The van der Waals surface area contributed by atoms with Crippen LogP contribution in [0.3, 0.4) is 0 Å². The highest BCUT2D eigenvalue weighted by Gasteiger charge is 2.03. The summed E-state index contributed by atoms with van der Waals surface area (Å²) in [5, 5.41) is 4.58. The van der Waals surface area contributed by atoms with E-state index in [4.69, 9.17) is 4.84 Å². The van der Waals surface area contributed by atoms with E-state index >= 15 is 0 Å². The summed E-state index contributed by atoms with van der Waals surface area (Å²) in [4.78, 5) is 7.85. The van der Waals surface area contributed by atoms with Gasteiger partial charge in [-0.05, 0) is 111 Å². The summed E-state index contributed by atoms with van der Waals surface area (Å²) >= 11 is 0. The van der Waals surface area contributed by atoms with Crippen molar-refractivity contribution < 1.29 is 4.84 Å². The second-order valence-corrected chi connectivity index (χ2v) is 13.5. The van der Waals surface area contributed by atoms with Gasteiger partial charge < -0.3 is 9.74 Å². The van der Waals surface area contributed by atoms with Crippen molar-refractivity contribution in [1.29, 1.82) is 0 Å². The number of oxime groups is 1. The average molecular weight is 627 g/mol. The third-order valence-electron chi connectivity index (χ3n) is 8.52. The molecule has 0 heterocycles. The molecule has 0 unspecified atom stereocenters. The molecule has 0 bridgehead atoms. The molecule has 0 aromatic carbocycles. The highest BCUT2D eigenvalue weighted by atomic mass is 16.6. The monoisotopic (exact) mass is 627 g/mol. The smallest absolute Gasteiger partial charge is 0.129 e. The minimum absolute atomic E-state index is 0.684. The van der Waals surface area contributed by atoms with Crippen LogP contribution in [-0.2, 0) is 4.84 Å². The van der Waals surface area contributed by atoms with Gasteiger partial charge in [-0.1, -0.05) is 144 Å². The molecule has 0 rings (SSSR count). The SMILES string of the molecule is CCCCC/C=C\C/C=C\CCCCCCCC/C(CCCCCCCC/C=C\C/C=C(/C)CCCCC)=N/OCCN(C)C. The Bertz CT molecular complexity index is 746. The molecule has 0 spiro atoms. The number of hydrogen-bond acceptors (Lipinski definition) is 3. The normalized spacial score (nSPS) is 13.0. The number of allylic oxidation sites excluding steroid dienone is 8. The van der Waals surface area contributed by atoms with E-state index < -0.39 is 0 Å². The molecule has 0 N–H and O–H groups in total. The Morgan fingerprint density at radius 1 is 0.533 bits per heavy atom. The van der Waals surface area contributed by atoms with Crippen LogP contribution in [0, 0.1) is 0 Å². The van der Waals surface area contributed by atoms with Crippen molar-refractivity contribution in [3.8, 4) is 0 Å². The van der Waals surface area contributed by atoms with Crippen LogP contribution >= 0.6 is 0 Å². The van der Waals surface area contributed by atoms with Crippen LogP contribution in [-0.4, -0.2) is 37.9 Å². The van der Waals surface area contributed by atoms with Crippen LogP contribution in [0.15, 0.2) is 53.3 Å². The highest BCUT2D eigenvalue weighted by molar-refractivity contribution is 5.83. The van der Waals surface area contributed by atoms with E-state index in [1.54, 1.807) is 5.57 Å². The van der Waals surface area contributed by atoms with Crippen molar-refractivity contribution in [3.63, 3.8) is 0 Å². The second-order valence-electron chi connectivity index (χ2n) is 13.5. The molecule has 0 aliphatic rings. The average Bonchev–Trinajstić information content (AvgIpc) is 3.02. The van der Waals surface area contributed by atoms with E-state index in [2.05, 4.69) is 87.5 Å². The molecule has 0 radical (unpaired) electrons. The maximum atomic E-state index is 5.70. The van der Waals surface area contributed by atoms with Crippen molar-refractivity contribution in [3.05, 3.63) is 48.1 Å². The van der Waals surface area contributed by atoms with Gasteiger partial charge in [-0.2, -0.15) is 0 Å². The molecule has 262 valence electrons. The third kappa shape index (κ3) is 36.7. The topological polar surface area (TPSA) is 24.8 Å². The van der Waals surface area contributed by atoms with Gasteiger partial charge in [0, 0.05) is 6.54 Å². The third-order valence-corrected chi connectivity index (χ3v) is 8.52. The van der Waals surface area contributed by atoms with Crippen molar-refractivity contribution in [2.75, 3.05) is 27.2 Å². The lowest BCUT2D eigenvalue weighted by Gasteiger charge is -2.10. The van der Waals surface area contributed by atoms with Crippen LogP contribution in [0.2, 0.25) is 0 Å². The molecular formula is C42H78N2O. The van der Waals surface area contributed by atoms with E-state index in [-0.39, 0.29) is 0 Å². The fraction of sp³-hybridized carbons (Fsp3) is 0.786. The molecule has 0 aromatic heterocycles. The first-order valence-electron chi connectivity index (χ1n) is 19.5. The van der Waals surface area contributed by atoms with E-state index in [9.17, 15) is 0 Å². The molecule has 3 heteroatoms. The molecule has 45 heavy (non-hydrogen) atoms. The Hall–Kier alpha value is -1.61. The highest BCUT2D eigenvalue weighted by Crippen LogP contribution is 2.15. The van der Waals surface area contributed by atoms with Gasteiger partial charge in [0.15, 0.2) is 0 Å². The Kier molecular flexibility index (Phi) is 35.5. The summed E-state index contributed by atoms with van der Waals surface area (Å²) in [6.45, 7) is 8.44. The van der Waals surface area contributed by atoms with Gasteiger partial charge in [0.25, 0.3) is 0 Å². The minimum atomic E-state index is 0.684. The quantitative estimate of drug-likeness (QED) is 0.0307. The molecular weight excluding hydrogens is 548 g/mol. The van der Waals surface area contributed by atoms with Crippen molar-refractivity contribution in [1.82, 2.24) is 4.90 Å². The largest absolute Gasteiger partial charge is 0.394 e. The van der Waals surface area contributed by atoms with Crippen molar-refractivity contribution >= 4 is 5.71 Å². The number of nitrogens with zero attached hydrogens (tertiary/aromatic N) is 2. The standard InChI is InChI=1S/C42H78N2O/c1-6-8-10-11-12-13-14-15-16-17-18-19-23-26-29-33-37-42(43-45-40-39-44(4)5)38-34-30-27-24-21-20-22-25-28-32-36-41(3)35-31-9-7-2/h12-13,15-16,25,28,36H,6-11,14,17-24,26-27,29-35,37-40H2,1-5H3/b13-12-,16-15-,28-25-,41-36-,43-42-. The summed E-state index contributed by atoms with van der Waals surface area (Å²) in [6.07, 6.45) is 49.9. The number of hydrogen-bond donors (Lipinski definition) is 0. The van der Waals surface area contributed by atoms with E-state index in [0.29, 0.717) is 6.61 Å². The lowest BCUT2D eigenvalue weighted by molar-refractivity contribution is 0.124. The molecule has 0 atom stereocenters. The number of likely N-dealkylation sites (N-methyl/N-ethyl adjacent to an activating group) is 1. The van der Waals surface area contributed by atoms with Crippen LogP contribution in [0.25, 0.3) is 0 Å². The minimum Gasteiger partial charge on any atom is -0.394 e. The van der Waals surface area contributed by atoms with Gasteiger partial charge in [0.05, 0.1) is 5.71 Å². The number of rotatable bonds is 34. The molecule has 0 fully saturated rings. The van der Waals surface area contributed by atoms with E-state index in [1.807, 2.05) is 0 Å². The van der Waals surface area contributed by atoms with Crippen molar-refractivity contribution in [2.45, 2.75) is 188 Å². The number of unbranched alkanes of at least 4 members (excludes halogenated alkanes) is 17. The summed E-state index contributed by atoms with van der Waals surface area (Å²) in [7, 11) is 4.17. The van der Waals surface area contributed by atoms with E-state index in [1.165, 1.54) is 147 Å². The van der Waals surface area contributed by atoms with E-state index in [0.717, 1.165) is 32.2 Å². The predicted octanol–water partition coefficient (Wildman–Crippen LogP) is 13.7. The summed E-state index contributed by atoms with van der Waals surface area (Å²) in [6, 6.07) is 0. The molecule has 3 nitrogen and oxygen atoms in total. The Morgan fingerprint density at radius 2 is 0.978 bits per heavy atom. The Balaban J connectivity index is 3.93. The van der Waals surface area contributed by atoms with Crippen LogP contribution < -0.4 is 0 Å². The van der Waals surface area contributed by atoms with Gasteiger partial charge in [-0.25, -0.2) is 0 Å². The lowest BCUT2D eigenvalue weighted by Crippen LogP contribution is -2.17. The first kappa shape index (κ1) is 43.4. The Labute approximate surface area is 283 Å². The fourth-order valence-electron chi connectivity index (χ4n) is 5.43. The zero-order valence-electron chi connectivity index (χ0n) is 31.1. The molecule has 0 aliphatic heterocycles. The maximum Gasteiger partial charge on any atom is 0.129 e. The first-order chi connectivity index (χ1) is 22.1. The lowest BCUT2D eigenvalue weighted by atomic mass is 10.0. The maximum absolute atomic E-state index is 5.70. The first-order valence-corrected chi connectivity index (χ1v) is 19.5. The van der Waals surface area contributed by atoms with Gasteiger partial charge in [0.1, 0.15) is 6.61 Å².